The molecule has 1 aromatic heterocycles. The number of rotatable bonds is 5. The van der Waals surface area contributed by atoms with Gasteiger partial charge in [0.05, 0.1) is 6.10 Å². The van der Waals surface area contributed by atoms with E-state index in [1.807, 2.05) is 0 Å². The van der Waals surface area contributed by atoms with Crippen LogP contribution < -0.4 is 10.6 Å². The molecule has 0 bridgehead atoms. The fraction of sp³-hybridized carbons (Fsp3) is 0.417. The molecule has 2 aromatic rings. The number of anilines is 1. The predicted octanol–water partition coefficient (Wildman–Crippen LogP) is 3.58. The molecule has 36 heavy (non-hydrogen) atoms. The number of aromatic nitrogens is 1. The lowest BCUT2D eigenvalue weighted by Crippen LogP contribution is -2.40. The Balaban J connectivity index is 1.77. The number of aliphatic hydroxyl groups excluding tert-OH is 1. The second-order valence-corrected chi connectivity index (χ2v) is 9.42. The number of nitrogens with one attached hydrogen (secondary N) is 2. The zero-order valence-electron chi connectivity index (χ0n) is 20.0. The second-order valence-electron chi connectivity index (χ2n) is 9.42. The number of carbonyl (C=O) groups excluding carboxylic acids is 3. The molecule has 1 saturated heterocycles. The number of aliphatic hydroxyl groups is 1. The molecular weight excluding hydrogens is 481 g/mol. The van der Waals surface area contributed by atoms with Crippen LogP contribution in [-0.2, 0) is 17.5 Å². The first-order valence-electron chi connectivity index (χ1n) is 11.1. The second kappa shape index (κ2) is 10.5. The van der Waals surface area contributed by atoms with E-state index in [1.165, 1.54) is 29.2 Å². The van der Waals surface area contributed by atoms with E-state index in [1.54, 1.807) is 20.8 Å². The molecule has 1 aliphatic rings. The third kappa shape index (κ3) is 7.41. The maximum atomic E-state index is 13.4. The molecule has 1 aliphatic heterocycles. The van der Waals surface area contributed by atoms with Gasteiger partial charge in [0.25, 0.3) is 11.8 Å². The number of alkyl halides is 3. The Labute approximate surface area is 205 Å². The van der Waals surface area contributed by atoms with E-state index >= 15 is 0 Å². The number of likely N-dealkylation sites (tertiary alicyclic amines) is 1. The zero-order valence-corrected chi connectivity index (χ0v) is 20.0. The number of β-amino-alcohol motifs (C(OH)–C–C–N with tert-alkyl or cyclic N) is 1. The van der Waals surface area contributed by atoms with Crippen LogP contribution in [0.5, 0.6) is 0 Å². The molecule has 0 spiro atoms. The summed E-state index contributed by atoms with van der Waals surface area (Å²) in [4.78, 5) is 42.2. The number of carbonyl (C=O) groups is 3. The van der Waals surface area contributed by atoms with Gasteiger partial charge in [-0.15, -0.1) is 0 Å². The minimum absolute atomic E-state index is 0.0298. The van der Waals surface area contributed by atoms with Crippen LogP contribution >= 0.6 is 0 Å². The van der Waals surface area contributed by atoms with Gasteiger partial charge in [-0.05, 0) is 63.1 Å². The summed E-state index contributed by atoms with van der Waals surface area (Å²) in [5, 5.41) is 14.5. The number of alkyl carbamates (subject to hydrolysis) is 1. The lowest BCUT2D eigenvalue weighted by atomic mass is 10.1. The number of hydrogen-bond donors (Lipinski definition) is 3. The molecule has 0 unspecified atom stereocenters. The standard InChI is InChI=1S/C24H27F3N4O5/c1-23(2,3)30-22(35)36-13-14-9-18(24(25,26)27)28-19(10-14)29-20(33)15-5-4-6-16(11-15)21(34)31-8-7-17(32)12-31/h4-6,9-11,17,32H,7-8,12-13H2,1-3H3,(H,30,35)(H,28,29,33)/t17-/m0/s1. The van der Waals surface area contributed by atoms with Crippen molar-refractivity contribution in [2.24, 2.45) is 0 Å². The van der Waals surface area contributed by atoms with E-state index in [9.17, 15) is 32.7 Å². The maximum Gasteiger partial charge on any atom is 0.433 e. The SMILES string of the molecule is CC(C)(C)NC(=O)OCc1cc(NC(=O)c2cccc(C(=O)N3CC[C@H](O)C3)c2)nc(C(F)(F)F)c1. The number of halogens is 3. The van der Waals surface area contributed by atoms with Gasteiger partial charge in [0.15, 0.2) is 0 Å². The van der Waals surface area contributed by atoms with Crippen LogP contribution in [0, 0.1) is 0 Å². The Morgan fingerprint density at radius 2 is 1.83 bits per heavy atom. The molecule has 0 saturated carbocycles. The van der Waals surface area contributed by atoms with Crippen LogP contribution in [0.3, 0.4) is 0 Å². The van der Waals surface area contributed by atoms with Crippen LogP contribution in [-0.4, -0.2) is 57.6 Å². The minimum Gasteiger partial charge on any atom is -0.445 e. The van der Waals surface area contributed by atoms with Gasteiger partial charge >= 0.3 is 12.3 Å². The number of benzene rings is 1. The molecule has 0 aliphatic carbocycles. The fourth-order valence-electron chi connectivity index (χ4n) is 3.46. The van der Waals surface area contributed by atoms with Crippen molar-refractivity contribution in [2.75, 3.05) is 18.4 Å². The normalized spacial score (nSPS) is 16.0. The molecule has 3 N–H and O–H groups in total. The Morgan fingerprint density at radius 3 is 2.44 bits per heavy atom. The quantitative estimate of drug-likeness (QED) is 0.568. The summed E-state index contributed by atoms with van der Waals surface area (Å²) >= 11 is 0. The van der Waals surface area contributed by atoms with Gasteiger partial charge in [-0.25, -0.2) is 9.78 Å². The smallest absolute Gasteiger partial charge is 0.433 e. The van der Waals surface area contributed by atoms with Crippen molar-refractivity contribution in [3.63, 3.8) is 0 Å². The van der Waals surface area contributed by atoms with Crippen LogP contribution in [0.4, 0.5) is 23.8 Å². The van der Waals surface area contributed by atoms with Crippen LogP contribution in [0.15, 0.2) is 36.4 Å². The third-order valence-corrected chi connectivity index (χ3v) is 5.09. The first-order chi connectivity index (χ1) is 16.7. The Hall–Kier alpha value is -3.67. The monoisotopic (exact) mass is 508 g/mol. The molecule has 1 atom stereocenters. The molecule has 12 heteroatoms. The summed E-state index contributed by atoms with van der Waals surface area (Å²) in [5.41, 5.74) is -1.68. The highest BCUT2D eigenvalue weighted by molar-refractivity contribution is 6.05. The van der Waals surface area contributed by atoms with Gasteiger partial charge in [0.2, 0.25) is 0 Å². The molecule has 1 fully saturated rings. The summed E-state index contributed by atoms with van der Waals surface area (Å²) < 4.78 is 45.2. The molecular formula is C24H27F3N4O5. The molecule has 0 radical (unpaired) electrons. The van der Waals surface area contributed by atoms with Crippen molar-refractivity contribution >= 4 is 23.7 Å². The summed E-state index contributed by atoms with van der Waals surface area (Å²) in [7, 11) is 0. The minimum atomic E-state index is -4.81. The Bertz CT molecular complexity index is 1150. The molecule has 1 aromatic carbocycles. The summed E-state index contributed by atoms with van der Waals surface area (Å²) in [6, 6.07) is 7.59. The Morgan fingerprint density at radius 1 is 1.14 bits per heavy atom. The highest BCUT2D eigenvalue weighted by Crippen LogP contribution is 2.30. The van der Waals surface area contributed by atoms with Crippen molar-refractivity contribution in [2.45, 2.75) is 51.6 Å². The summed E-state index contributed by atoms with van der Waals surface area (Å²) in [6.45, 7) is 5.22. The Kier molecular flexibility index (Phi) is 7.87. The van der Waals surface area contributed by atoms with Gasteiger partial charge in [0, 0.05) is 29.8 Å². The number of hydrogen-bond acceptors (Lipinski definition) is 6. The average molecular weight is 508 g/mol. The highest BCUT2D eigenvalue weighted by atomic mass is 19.4. The number of pyridine rings is 1. The van der Waals surface area contributed by atoms with Crippen LogP contribution in [0.25, 0.3) is 0 Å². The van der Waals surface area contributed by atoms with Crippen LogP contribution in [0.1, 0.15) is 59.2 Å². The molecule has 194 valence electrons. The van der Waals surface area contributed by atoms with Gasteiger partial charge < -0.3 is 25.4 Å². The van der Waals surface area contributed by atoms with Crippen molar-refractivity contribution in [1.82, 2.24) is 15.2 Å². The van der Waals surface area contributed by atoms with Crippen molar-refractivity contribution in [3.05, 3.63) is 58.8 Å². The molecule has 3 rings (SSSR count). The maximum absolute atomic E-state index is 13.4. The fourth-order valence-corrected chi connectivity index (χ4v) is 3.46. The number of nitrogens with zero attached hydrogens (tertiary/aromatic N) is 2. The van der Waals surface area contributed by atoms with Crippen molar-refractivity contribution in [3.8, 4) is 0 Å². The van der Waals surface area contributed by atoms with Gasteiger partial charge in [-0.3, -0.25) is 9.59 Å². The van der Waals surface area contributed by atoms with E-state index in [2.05, 4.69) is 15.6 Å². The first-order valence-corrected chi connectivity index (χ1v) is 11.1. The zero-order chi connectivity index (χ0) is 26.7. The van der Waals surface area contributed by atoms with E-state index in [-0.39, 0.29) is 29.1 Å². The first kappa shape index (κ1) is 26.9. The van der Waals surface area contributed by atoms with E-state index in [0.717, 1.165) is 12.1 Å². The highest BCUT2D eigenvalue weighted by Gasteiger charge is 2.33. The van der Waals surface area contributed by atoms with Crippen molar-refractivity contribution < 1.29 is 37.4 Å². The summed E-state index contributed by atoms with van der Waals surface area (Å²) in [5.74, 6) is -1.55. The van der Waals surface area contributed by atoms with Crippen molar-refractivity contribution in [1.29, 1.82) is 0 Å². The molecule has 3 amide bonds. The largest absolute Gasteiger partial charge is 0.445 e. The van der Waals surface area contributed by atoms with Gasteiger partial charge in [-0.2, -0.15) is 13.2 Å². The van der Waals surface area contributed by atoms with E-state index in [0.29, 0.717) is 13.0 Å². The van der Waals surface area contributed by atoms with Gasteiger partial charge in [-0.1, -0.05) is 6.07 Å². The third-order valence-electron chi connectivity index (χ3n) is 5.09. The van der Waals surface area contributed by atoms with E-state index in [4.69, 9.17) is 4.74 Å². The number of ether oxygens (including phenoxy) is 1. The molecule has 9 nitrogen and oxygen atoms in total. The van der Waals surface area contributed by atoms with E-state index < -0.39 is 47.9 Å². The lowest BCUT2D eigenvalue weighted by molar-refractivity contribution is -0.141. The summed E-state index contributed by atoms with van der Waals surface area (Å²) in [6.07, 6.45) is -5.78. The number of amides is 3. The van der Waals surface area contributed by atoms with Crippen LogP contribution in [0.2, 0.25) is 0 Å². The average Bonchev–Trinajstić information content (AvgIpc) is 3.21. The lowest BCUT2D eigenvalue weighted by Gasteiger charge is -2.20. The topological polar surface area (TPSA) is 121 Å². The predicted molar refractivity (Wildman–Crippen MR) is 123 cm³/mol. The molecule has 2 heterocycles. The van der Waals surface area contributed by atoms with Gasteiger partial charge in [0.1, 0.15) is 18.1 Å².